The van der Waals surface area contributed by atoms with Crippen molar-refractivity contribution in [3.8, 4) is 23.7 Å². The van der Waals surface area contributed by atoms with Crippen LogP contribution in [0, 0.1) is 23.7 Å². The van der Waals surface area contributed by atoms with Crippen LogP contribution in [0.4, 0.5) is 0 Å². The van der Waals surface area contributed by atoms with E-state index in [9.17, 15) is 5.11 Å². The molecule has 0 aromatic rings. The summed E-state index contributed by atoms with van der Waals surface area (Å²) in [7, 11) is 0. The van der Waals surface area contributed by atoms with Crippen molar-refractivity contribution >= 4 is 0 Å². The van der Waals surface area contributed by atoms with Crippen LogP contribution in [0.1, 0.15) is 38.5 Å². The lowest BCUT2D eigenvalue weighted by Crippen LogP contribution is -1.99. The molecule has 0 heterocycles. The molecule has 0 aromatic heterocycles. The lowest BCUT2D eigenvalue weighted by atomic mass is 10.2. The number of hydrogen-bond acceptors (Lipinski definition) is 1. The van der Waals surface area contributed by atoms with Crippen molar-refractivity contribution in [2.75, 3.05) is 0 Å². The molecule has 0 unspecified atom stereocenters. The Hall–Kier alpha value is -1.70. The van der Waals surface area contributed by atoms with Gasteiger partial charge in [0.05, 0.1) is 0 Å². The summed E-state index contributed by atoms with van der Waals surface area (Å²) >= 11 is 0. The molecule has 0 saturated heterocycles. The Balaban J connectivity index is 3.61. The quantitative estimate of drug-likeness (QED) is 0.391. The van der Waals surface area contributed by atoms with E-state index >= 15 is 0 Å². The first-order chi connectivity index (χ1) is 8.81. The molecule has 1 nitrogen and oxygen atoms in total. The normalized spacial score (nSPS) is 10.9. The molecule has 0 amide bonds. The minimum atomic E-state index is -0.641. The van der Waals surface area contributed by atoms with Crippen molar-refractivity contribution in [3.05, 3.63) is 37.5 Å². The third-order valence-electron chi connectivity index (χ3n) is 2.20. The Labute approximate surface area is 111 Å². The maximum Gasteiger partial charge on any atom is 0.119 e. The first-order valence-corrected chi connectivity index (χ1v) is 6.34. The van der Waals surface area contributed by atoms with Crippen LogP contribution in [0.5, 0.6) is 0 Å². The highest BCUT2D eigenvalue weighted by Gasteiger charge is 1.91. The van der Waals surface area contributed by atoms with E-state index in [-0.39, 0.29) is 0 Å². The second-order valence-electron chi connectivity index (χ2n) is 3.86. The van der Waals surface area contributed by atoms with Gasteiger partial charge in [-0.15, -0.1) is 13.2 Å². The van der Waals surface area contributed by atoms with Crippen molar-refractivity contribution < 1.29 is 5.11 Å². The van der Waals surface area contributed by atoms with Gasteiger partial charge in [0.2, 0.25) is 0 Å². The molecule has 0 rings (SSSR count). The zero-order valence-corrected chi connectivity index (χ0v) is 11.0. The van der Waals surface area contributed by atoms with E-state index in [1.807, 2.05) is 6.08 Å². The lowest BCUT2D eigenvalue weighted by molar-refractivity contribution is 0.236. The molecular weight excluding hydrogens is 220 g/mol. The molecule has 1 atom stereocenters. The van der Waals surface area contributed by atoms with E-state index in [4.69, 9.17) is 0 Å². The van der Waals surface area contributed by atoms with E-state index in [0.717, 1.165) is 12.8 Å². The van der Waals surface area contributed by atoms with Crippen LogP contribution in [-0.2, 0) is 0 Å². The first-order valence-electron chi connectivity index (χ1n) is 6.34. The summed E-state index contributed by atoms with van der Waals surface area (Å²) in [5, 5.41) is 9.26. The monoisotopic (exact) mass is 242 g/mol. The van der Waals surface area contributed by atoms with E-state index in [1.165, 1.54) is 12.8 Å². The Morgan fingerprint density at radius 2 is 1.78 bits per heavy atom. The third-order valence-corrected chi connectivity index (χ3v) is 2.20. The second-order valence-corrected chi connectivity index (χ2v) is 3.86. The van der Waals surface area contributed by atoms with Gasteiger partial charge in [-0.2, -0.15) is 0 Å². The van der Waals surface area contributed by atoms with Crippen molar-refractivity contribution in [2.45, 2.75) is 44.6 Å². The molecule has 0 spiro atoms. The maximum atomic E-state index is 9.26. The molecule has 1 N–H and O–H groups in total. The summed E-state index contributed by atoms with van der Waals surface area (Å²) < 4.78 is 0. The van der Waals surface area contributed by atoms with Gasteiger partial charge in [-0.05, 0) is 37.5 Å². The van der Waals surface area contributed by atoms with E-state index in [2.05, 4.69) is 49.0 Å². The molecule has 18 heavy (non-hydrogen) atoms. The van der Waals surface area contributed by atoms with Gasteiger partial charge in [0.25, 0.3) is 0 Å². The highest BCUT2D eigenvalue weighted by molar-refractivity contribution is 5.28. The van der Waals surface area contributed by atoms with Gasteiger partial charge >= 0.3 is 0 Å². The Bertz CT molecular complexity index is 368. The number of rotatable bonds is 8. The molecule has 0 aliphatic heterocycles. The SMILES string of the molecule is C=CCCCC/C=C/CC#CC#C[C@H](O)CC=C. The predicted octanol–water partition coefficient (Wildman–Crippen LogP) is 3.62. The topological polar surface area (TPSA) is 20.2 Å². The van der Waals surface area contributed by atoms with E-state index in [0.29, 0.717) is 12.8 Å². The van der Waals surface area contributed by atoms with Crippen molar-refractivity contribution in [2.24, 2.45) is 0 Å². The summed E-state index contributed by atoms with van der Waals surface area (Å²) in [4.78, 5) is 0. The van der Waals surface area contributed by atoms with Crippen LogP contribution in [0.2, 0.25) is 0 Å². The molecule has 0 aromatic carbocycles. The van der Waals surface area contributed by atoms with Crippen LogP contribution in [0.3, 0.4) is 0 Å². The molecule has 0 fully saturated rings. The second kappa shape index (κ2) is 13.4. The highest BCUT2D eigenvalue weighted by Crippen LogP contribution is 2.00. The maximum absolute atomic E-state index is 9.26. The highest BCUT2D eigenvalue weighted by atomic mass is 16.3. The zero-order valence-electron chi connectivity index (χ0n) is 11.0. The molecule has 0 aliphatic carbocycles. The van der Waals surface area contributed by atoms with Crippen LogP contribution in [-0.4, -0.2) is 11.2 Å². The van der Waals surface area contributed by atoms with Gasteiger partial charge in [-0.3, -0.25) is 0 Å². The Kier molecular flexibility index (Phi) is 12.1. The minimum absolute atomic E-state index is 0.485. The largest absolute Gasteiger partial charge is 0.380 e. The fraction of sp³-hybridized carbons (Fsp3) is 0.412. The van der Waals surface area contributed by atoms with Crippen molar-refractivity contribution in [1.82, 2.24) is 0 Å². The van der Waals surface area contributed by atoms with Gasteiger partial charge in [0.15, 0.2) is 0 Å². The summed E-state index contributed by atoms with van der Waals surface area (Å²) in [6.07, 6.45) is 13.0. The molecule has 96 valence electrons. The Morgan fingerprint density at radius 1 is 1.00 bits per heavy atom. The van der Waals surface area contributed by atoms with Crippen LogP contribution in [0.25, 0.3) is 0 Å². The third kappa shape index (κ3) is 12.4. The average Bonchev–Trinajstić information content (AvgIpc) is 2.36. The van der Waals surface area contributed by atoms with Crippen LogP contribution in [0.15, 0.2) is 37.5 Å². The van der Waals surface area contributed by atoms with Gasteiger partial charge in [0, 0.05) is 12.8 Å². The van der Waals surface area contributed by atoms with Crippen LogP contribution < -0.4 is 0 Å². The van der Waals surface area contributed by atoms with E-state index < -0.39 is 6.10 Å². The minimum Gasteiger partial charge on any atom is -0.380 e. The smallest absolute Gasteiger partial charge is 0.119 e. The standard InChI is InChI=1S/C17H22O/c1-3-5-6-7-8-9-10-11-12-13-14-16-17(18)15-4-2/h3-4,9-10,17-18H,1-2,5-8,11,15H2/b10-9+/t17-/m1/s1. The summed E-state index contributed by atoms with van der Waals surface area (Å²) in [5.41, 5.74) is 0. The average molecular weight is 242 g/mol. The van der Waals surface area contributed by atoms with Gasteiger partial charge in [-0.25, -0.2) is 0 Å². The number of aliphatic hydroxyl groups is 1. The molecule has 0 aliphatic rings. The summed E-state index contributed by atoms with van der Waals surface area (Å²) in [6.45, 7) is 7.21. The fourth-order valence-electron chi connectivity index (χ4n) is 1.24. The number of hydrogen-bond donors (Lipinski definition) is 1. The van der Waals surface area contributed by atoms with E-state index in [1.54, 1.807) is 6.08 Å². The molecule has 0 saturated carbocycles. The molecule has 0 bridgehead atoms. The number of allylic oxidation sites excluding steroid dienone is 3. The Morgan fingerprint density at radius 3 is 2.50 bits per heavy atom. The van der Waals surface area contributed by atoms with Crippen LogP contribution >= 0.6 is 0 Å². The van der Waals surface area contributed by atoms with Gasteiger partial charge in [0.1, 0.15) is 6.10 Å². The lowest BCUT2D eigenvalue weighted by Gasteiger charge is -1.93. The molecule has 0 radical (unpaired) electrons. The summed E-state index contributed by atoms with van der Waals surface area (Å²) in [6, 6.07) is 0. The van der Waals surface area contributed by atoms with Gasteiger partial charge in [-0.1, -0.05) is 36.1 Å². The van der Waals surface area contributed by atoms with Gasteiger partial charge < -0.3 is 5.11 Å². The van der Waals surface area contributed by atoms with Crippen molar-refractivity contribution in [1.29, 1.82) is 0 Å². The first kappa shape index (κ1) is 16.3. The van der Waals surface area contributed by atoms with Crippen molar-refractivity contribution in [3.63, 3.8) is 0 Å². The predicted molar refractivity (Wildman–Crippen MR) is 78.8 cm³/mol. The number of unbranched alkanes of at least 4 members (excludes halogenated alkanes) is 3. The molecular formula is C17H22O. The molecule has 1 heteroatoms. The number of aliphatic hydroxyl groups excluding tert-OH is 1. The summed E-state index contributed by atoms with van der Waals surface area (Å²) in [5.74, 6) is 10.9. The zero-order chi connectivity index (χ0) is 13.5. The fourth-order valence-corrected chi connectivity index (χ4v) is 1.24.